The van der Waals surface area contributed by atoms with Crippen molar-refractivity contribution in [2.75, 3.05) is 4.90 Å². The maximum Gasteiger partial charge on any atom is 0.240 e. The number of hydrogen-bond donors (Lipinski definition) is 1. The normalized spacial score (nSPS) is 15.1. The molecule has 0 radical (unpaired) electrons. The molecule has 0 bridgehead atoms. The third-order valence-corrected chi connectivity index (χ3v) is 5.18. The molecule has 24 heavy (non-hydrogen) atoms. The first kappa shape index (κ1) is 16.4. The van der Waals surface area contributed by atoms with E-state index in [1.807, 2.05) is 30.3 Å². The molecule has 3 rings (SSSR count). The molecule has 1 saturated heterocycles. The summed E-state index contributed by atoms with van der Waals surface area (Å²) in [6.45, 7) is 0.189. The Hall–Kier alpha value is -2.51. The van der Waals surface area contributed by atoms with E-state index in [1.54, 1.807) is 0 Å². The Kier molecular flexibility index (Phi) is 4.46. The van der Waals surface area contributed by atoms with Crippen LogP contribution >= 0.6 is 0 Å². The van der Waals surface area contributed by atoms with Crippen LogP contribution < -0.4 is 9.62 Å². The second-order valence-corrected chi connectivity index (χ2v) is 7.19. The smallest absolute Gasteiger partial charge is 0.240 e. The maximum atomic E-state index is 12.3. The van der Waals surface area contributed by atoms with Gasteiger partial charge < -0.3 is 0 Å². The first-order valence-electron chi connectivity index (χ1n) is 7.47. The van der Waals surface area contributed by atoms with Crippen LogP contribution in [0.1, 0.15) is 18.4 Å². The third kappa shape index (κ3) is 3.37. The Labute approximate surface area is 140 Å². The number of sulfonamides is 1. The predicted octanol–water partition coefficient (Wildman–Crippen LogP) is 1.82. The summed E-state index contributed by atoms with van der Waals surface area (Å²) in [7, 11) is -3.66. The fourth-order valence-corrected chi connectivity index (χ4v) is 3.51. The van der Waals surface area contributed by atoms with Gasteiger partial charge in [0.2, 0.25) is 21.8 Å². The molecule has 0 spiro atoms. The highest BCUT2D eigenvalue weighted by atomic mass is 32.2. The van der Waals surface area contributed by atoms with Gasteiger partial charge in [-0.3, -0.25) is 14.5 Å². The molecule has 1 fully saturated rings. The second kappa shape index (κ2) is 6.54. The van der Waals surface area contributed by atoms with Crippen LogP contribution in [0.25, 0.3) is 0 Å². The maximum absolute atomic E-state index is 12.3. The van der Waals surface area contributed by atoms with Crippen LogP contribution in [0.2, 0.25) is 0 Å². The number of anilines is 1. The van der Waals surface area contributed by atoms with Crippen molar-refractivity contribution in [3.63, 3.8) is 0 Å². The van der Waals surface area contributed by atoms with Gasteiger partial charge >= 0.3 is 0 Å². The van der Waals surface area contributed by atoms with E-state index in [1.165, 1.54) is 24.3 Å². The van der Waals surface area contributed by atoms with Gasteiger partial charge in [0.1, 0.15) is 0 Å². The van der Waals surface area contributed by atoms with E-state index >= 15 is 0 Å². The molecule has 0 unspecified atom stereocenters. The van der Waals surface area contributed by atoms with Crippen molar-refractivity contribution in [1.29, 1.82) is 0 Å². The van der Waals surface area contributed by atoms with Gasteiger partial charge in [-0.2, -0.15) is 0 Å². The zero-order chi connectivity index (χ0) is 17.2. The molecular weight excluding hydrogens is 328 g/mol. The van der Waals surface area contributed by atoms with E-state index in [0.29, 0.717) is 5.69 Å². The van der Waals surface area contributed by atoms with E-state index in [-0.39, 0.29) is 36.1 Å². The number of amides is 2. The molecule has 0 atom stereocenters. The number of hydrogen-bond acceptors (Lipinski definition) is 4. The van der Waals surface area contributed by atoms with Crippen molar-refractivity contribution in [3.8, 4) is 0 Å². The second-order valence-electron chi connectivity index (χ2n) is 5.43. The van der Waals surface area contributed by atoms with Crippen molar-refractivity contribution >= 4 is 27.5 Å². The summed E-state index contributed by atoms with van der Waals surface area (Å²) in [5.41, 5.74) is 1.25. The van der Waals surface area contributed by atoms with Crippen LogP contribution in [-0.4, -0.2) is 20.2 Å². The Morgan fingerprint density at radius 1 is 0.875 bits per heavy atom. The molecular formula is C17H16N2O4S. The van der Waals surface area contributed by atoms with Crippen LogP contribution in [0.4, 0.5) is 5.69 Å². The van der Waals surface area contributed by atoms with Crippen molar-refractivity contribution in [2.24, 2.45) is 0 Å². The summed E-state index contributed by atoms with van der Waals surface area (Å²) in [5, 5.41) is 0. The lowest BCUT2D eigenvalue weighted by Gasteiger charge is -2.14. The molecule has 0 aromatic heterocycles. The van der Waals surface area contributed by atoms with E-state index in [2.05, 4.69) is 4.72 Å². The monoisotopic (exact) mass is 344 g/mol. The average molecular weight is 344 g/mol. The molecule has 2 aromatic rings. The van der Waals surface area contributed by atoms with E-state index in [4.69, 9.17) is 0 Å². The van der Waals surface area contributed by atoms with Gasteiger partial charge in [-0.15, -0.1) is 0 Å². The molecule has 0 aliphatic carbocycles. The lowest BCUT2D eigenvalue weighted by Crippen LogP contribution is -2.28. The molecule has 1 aliphatic rings. The molecule has 1 heterocycles. The number of carbonyl (C=O) groups is 2. The molecule has 6 nitrogen and oxygen atoms in total. The number of nitrogens with zero attached hydrogens (tertiary/aromatic N) is 1. The zero-order valence-electron chi connectivity index (χ0n) is 12.8. The van der Waals surface area contributed by atoms with Gasteiger partial charge in [0, 0.05) is 19.4 Å². The van der Waals surface area contributed by atoms with E-state index < -0.39 is 10.0 Å². The van der Waals surface area contributed by atoms with Crippen molar-refractivity contribution < 1.29 is 18.0 Å². The lowest BCUT2D eigenvalue weighted by molar-refractivity contribution is -0.121. The number of nitrogens with one attached hydrogen (secondary N) is 1. The fraction of sp³-hybridized carbons (Fsp3) is 0.176. The van der Waals surface area contributed by atoms with Crippen LogP contribution in [0.5, 0.6) is 0 Å². The SMILES string of the molecule is O=C1CCC(=O)N1c1ccc(S(=O)(=O)NCc2ccccc2)cc1. The van der Waals surface area contributed by atoms with Gasteiger partial charge in [0.05, 0.1) is 10.6 Å². The average Bonchev–Trinajstić information content (AvgIpc) is 2.93. The molecule has 1 aliphatic heterocycles. The summed E-state index contributed by atoms with van der Waals surface area (Å²) in [5.74, 6) is -0.532. The first-order chi connectivity index (χ1) is 11.5. The van der Waals surface area contributed by atoms with E-state index in [0.717, 1.165) is 10.5 Å². The molecule has 2 amide bonds. The Morgan fingerprint density at radius 2 is 1.46 bits per heavy atom. The Balaban J connectivity index is 1.74. The summed E-state index contributed by atoms with van der Waals surface area (Å²) >= 11 is 0. The fourth-order valence-electron chi connectivity index (χ4n) is 2.50. The lowest BCUT2D eigenvalue weighted by atomic mass is 10.2. The quantitative estimate of drug-likeness (QED) is 0.839. The topological polar surface area (TPSA) is 83.6 Å². The van der Waals surface area contributed by atoms with Crippen LogP contribution in [0, 0.1) is 0 Å². The number of carbonyl (C=O) groups excluding carboxylic acids is 2. The minimum absolute atomic E-state index is 0.0845. The minimum Gasteiger partial charge on any atom is -0.274 e. The highest BCUT2D eigenvalue weighted by Gasteiger charge is 2.30. The van der Waals surface area contributed by atoms with Crippen LogP contribution in [0.3, 0.4) is 0 Å². The van der Waals surface area contributed by atoms with Gasteiger partial charge in [-0.25, -0.2) is 13.1 Å². The largest absolute Gasteiger partial charge is 0.274 e. The van der Waals surface area contributed by atoms with Crippen LogP contribution in [0.15, 0.2) is 59.5 Å². The van der Waals surface area contributed by atoms with Gasteiger partial charge in [-0.1, -0.05) is 30.3 Å². The van der Waals surface area contributed by atoms with Crippen molar-refractivity contribution in [2.45, 2.75) is 24.3 Å². The molecule has 0 saturated carbocycles. The highest BCUT2D eigenvalue weighted by Crippen LogP contribution is 2.24. The Bertz CT molecular complexity index is 845. The van der Waals surface area contributed by atoms with Crippen molar-refractivity contribution in [1.82, 2.24) is 4.72 Å². The molecule has 1 N–H and O–H groups in total. The minimum atomic E-state index is -3.66. The molecule has 2 aromatic carbocycles. The molecule has 7 heteroatoms. The number of rotatable bonds is 5. The van der Waals surface area contributed by atoms with Gasteiger partial charge in [0.15, 0.2) is 0 Å². The standard InChI is InChI=1S/C17H16N2O4S/c20-16-10-11-17(21)19(16)14-6-8-15(9-7-14)24(22,23)18-12-13-4-2-1-3-5-13/h1-9,18H,10-12H2. The number of benzene rings is 2. The number of imide groups is 1. The van der Waals surface area contributed by atoms with Gasteiger partial charge in [-0.05, 0) is 29.8 Å². The summed E-state index contributed by atoms with van der Waals surface area (Å²) in [6, 6.07) is 14.9. The summed E-state index contributed by atoms with van der Waals surface area (Å²) in [6.07, 6.45) is 0.384. The van der Waals surface area contributed by atoms with E-state index in [9.17, 15) is 18.0 Å². The highest BCUT2D eigenvalue weighted by molar-refractivity contribution is 7.89. The Morgan fingerprint density at radius 3 is 2.04 bits per heavy atom. The summed E-state index contributed by atoms with van der Waals surface area (Å²) < 4.78 is 27.1. The first-order valence-corrected chi connectivity index (χ1v) is 8.95. The van der Waals surface area contributed by atoms with Crippen LogP contribution in [-0.2, 0) is 26.2 Å². The predicted molar refractivity (Wildman–Crippen MR) is 88.6 cm³/mol. The third-order valence-electron chi connectivity index (χ3n) is 3.77. The summed E-state index contributed by atoms with van der Waals surface area (Å²) in [4.78, 5) is 24.6. The van der Waals surface area contributed by atoms with Gasteiger partial charge in [0.25, 0.3) is 0 Å². The molecule has 124 valence electrons. The zero-order valence-corrected chi connectivity index (χ0v) is 13.6. The van der Waals surface area contributed by atoms with Crippen molar-refractivity contribution in [3.05, 3.63) is 60.2 Å².